The molecular formula is C18H24O2S2. The quantitative estimate of drug-likeness (QED) is 0.443. The number of ether oxygens (including phenoxy) is 2. The number of hydrogen-bond donors (Lipinski definition) is 0. The van der Waals surface area contributed by atoms with Gasteiger partial charge in [0.15, 0.2) is 0 Å². The van der Waals surface area contributed by atoms with Gasteiger partial charge in [-0.2, -0.15) is 11.8 Å². The van der Waals surface area contributed by atoms with E-state index in [1.54, 1.807) is 7.11 Å². The summed E-state index contributed by atoms with van der Waals surface area (Å²) in [7, 11) is 1.69. The molecule has 0 saturated heterocycles. The van der Waals surface area contributed by atoms with Crippen LogP contribution in [0.25, 0.3) is 10.8 Å². The van der Waals surface area contributed by atoms with Crippen molar-refractivity contribution >= 4 is 34.3 Å². The number of thioether (sulfide) groups is 2. The van der Waals surface area contributed by atoms with Crippen LogP contribution in [0.4, 0.5) is 0 Å². The van der Waals surface area contributed by atoms with Crippen molar-refractivity contribution < 1.29 is 9.47 Å². The summed E-state index contributed by atoms with van der Waals surface area (Å²) in [6, 6.07) is 12.7. The highest BCUT2D eigenvalue weighted by Crippen LogP contribution is 2.34. The Morgan fingerprint density at radius 1 is 0.909 bits per heavy atom. The van der Waals surface area contributed by atoms with Crippen molar-refractivity contribution in [2.75, 3.05) is 37.6 Å². The van der Waals surface area contributed by atoms with Crippen LogP contribution in [0.1, 0.15) is 13.3 Å². The second-order valence-corrected chi connectivity index (χ2v) is 7.27. The van der Waals surface area contributed by atoms with Gasteiger partial charge in [-0.1, -0.05) is 31.2 Å². The zero-order valence-electron chi connectivity index (χ0n) is 13.3. The van der Waals surface area contributed by atoms with Gasteiger partial charge in [-0.05, 0) is 29.7 Å². The standard InChI is InChI=1S/C18H24O2S2/c1-3-12-21-13-14-22-18-9-8-17(20-11-10-19-2)15-6-4-5-7-16(15)18/h4-9H,3,10-14H2,1-2H3. The third-order valence-electron chi connectivity index (χ3n) is 3.22. The highest BCUT2D eigenvalue weighted by Gasteiger charge is 2.07. The fraction of sp³-hybridized carbons (Fsp3) is 0.444. The van der Waals surface area contributed by atoms with Crippen molar-refractivity contribution in [1.82, 2.24) is 0 Å². The molecule has 0 amide bonds. The Labute approximate surface area is 142 Å². The molecule has 0 saturated carbocycles. The van der Waals surface area contributed by atoms with Crippen LogP contribution < -0.4 is 4.74 Å². The Hall–Kier alpha value is -0.840. The normalized spacial score (nSPS) is 11.0. The van der Waals surface area contributed by atoms with E-state index in [9.17, 15) is 0 Å². The van der Waals surface area contributed by atoms with Crippen LogP contribution in [0.15, 0.2) is 41.3 Å². The van der Waals surface area contributed by atoms with E-state index in [0.29, 0.717) is 13.2 Å². The molecule has 22 heavy (non-hydrogen) atoms. The maximum atomic E-state index is 5.83. The Morgan fingerprint density at radius 2 is 1.73 bits per heavy atom. The maximum absolute atomic E-state index is 5.83. The maximum Gasteiger partial charge on any atom is 0.127 e. The number of fused-ring (bicyclic) bond motifs is 1. The molecule has 120 valence electrons. The first-order chi connectivity index (χ1) is 10.9. The van der Waals surface area contributed by atoms with Crippen molar-refractivity contribution in [3.05, 3.63) is 36.4 Å². The minimum atomic E-state index is 0.584. The zero-order valence-corrected chi connectivity index (χ0v) is 15.0. The van der Waals surface area contributed by atoms with E-state index >= 15 is 0 Å². The fourth-order valence-corrected chi connectivity index (χ4v) is 4.20. The van der Waals surface area contributed by atoms with Crippen LogP contribution in [0, 0.1) is 0 Å². The number of methoxy groups -OCH3 is 1. The van der Waals surface area contributed by atoms with Gasteiger partial charge in [0.25, 0.3) is 0 Å². The van der Waals surface area contributed by atoms with Crippen molar-refractivity contribution in [3.8, 4) is 5.75 Å². The summed E-state index contributed by atoms with van der Waals surface area (Å²) in [5, 5.41) is 2.47. The molecule has 0 aliphatic heterocycles. The lowest BCUT2D eigenvalue weighted by atomic mass is 10.1. The molecule has 0 spiro atoms. The van der Waals surface area contributed by atoms with Crippen LogP contribution in [-0.4, -0.2) is 37.6 Å². The topological polar surface area (TPSA) is 18.5 Å². The van der Waals surface area contributed by atoms with Gasteiger partial charge in [0.2, 0.25) is 0 Å². The molecule has 2 aromatic rings. The van der Waals surface area contributed by atoms with E-state index in [1.807, 2.05) is 23.5 Å². The molecule has 0 aromatic heterocycles. The van der Waals surface area contributed by atoms with Gasteiger partial charge in [-0.25, -0.2) is 0 Å². The highest BCUT2D eigenvalue weighted by molar-refractivity contribution is 8.03. The van der Waals surface area contributed by atoms with Gasteiger partial charge in [-0.15, -0.1) is 11.8 Å². The second kappa shape index (κ2) is 10.0. The number of hydrogen-bond acceptors (Lipinski definition) is 4. The predicted molar refractivity (Wildman–Crippen MR) is 99.7 cm³/mol. The summed E-state index contributed by atoms with van der Waals surface area (Å²) in [6.07, 6.45) is 1.26. The molecule has 0 radical (unpaired) electrons. The molecule has 0 aliphatic rings. The summed E-state index contributed by atoms with van der Waals surface area (Å²) >= 11 is 3.97. The first-order valence-corrected chi connectivity index (χ1v) is 9.85. The highest BCUT2D eigenvalue weighted by atomic mass is 32.2. The summed E-state index contributed by atoms with van der Waals surface area (Å²) in [4.78, 5) is 1.34. The van der Waals surface area contributed by atoms with Gasteiger partial charge in [0, 0.05) is 28.9 Å². The van der Waals surface area contributed by atoms with Crippen molar-refractivity contribution in [3.63, 3.8) is 0 Å². The predicted octanol–water partition coefficient (Wildman–Crippen LogP) is 5.10. The van der Waals surface area contributed by atoms with Gasteiger partial charge in [0.1, 0.15) is 12.4 Å². The van der Waals surface area contributed by atoms with Gasteiger partial charge in [0.05, 0.1) is 6.61 Å². The molecule has 0 N–H and O–H groups in total. The number of rotatable bonds is 10. The molecule has 0 atom stereocenters. The molecule has 0 aliphatic carbocycles. The lowest BCUT2D eigenvalue weighted by Gasteiger charge is -2.12. The SMILES string of the molecule is CCCSCCSc1ccc(OCCOC)c2ccccc12. The van der Waals surface area contributed by atoms with Gasteiger partial charge < -0.3 is 9.47 Å². The number of benzene rings is 2. The molecule has 0 unspecified atom stereocenters. The molecule has 0 bridgehead atoms. The van der Waals surface area contributed by atoms with Crippen LogP contribution in [0.5, 0.6) is 5.75 Å². The smallest absolute Gasteiger partial charge is 0.127 e. The van der Waals surface area contributed by atoms with Crippen LogP contribution in [0.3, 0.4) is 0 Å². The summed E-state index contributed by atoms with van der Waals surface area (Å²) in [5.41, 5.74) is 0. The lowest BCUT2D eigenvalue weighted by Crippen LogP contribution is -2.04. The molecule has 0 fully saturated rings. The summed E-state index contributed by atoms with van der Waals surface area (Å²) in [6.45, 7) is 3.43. The van der Waals surface area contributed by atoms with Gasteiger partial charge >= 0.3 is 0 Å². The largest absolute Gasteiger partial charge is 0.491 e. The summed E-state index contributed by atoms with van der Waals surface area (Å²) < 4.78 is 10.9. The van der Waals surface area contributed by atoms with Gasteiger partial charge in [-0.3, -0.25) is 0 Å². The van der Waals surface area contributed by atoms with Crippen molar-refractivity contribution in [1.29, 1.82) is 0 Å². The molecular weight excluding hydrogens is 312 g/mol. The minimum Gasteiger partial charge on any atom is -0.491 e. The van der Waals surface area contributed by atoms with E-state index < -0.39 is 0 Å². The van der Waals surface area contributed by atoms with E-state index in [-0.39, 0.29) is 0 Å². The van der Waals surface area contributed by atoms with Crippen LogP contribution >= 0.6 is 23.5 Å². The Morgan fingerprint density at radius 3 is 2.50 bits per heavy atom. The van der Waals surface area contributed by atoms with E-state index in [0.717, 1.165) is 11.5 Å². The zero-order chi connectivity index (χ0) is 15.6. The van der Waals surface area contributed by atoms with Crippen LogP contribution in [-0.2, 0) is 4.74 Å². The molecule has 2 rings (SSSR count). The fourth-order valence-electron chi connectivity index (χ4n) is 2.19. The van der Waals surface area contributed by atoms with E-state index in [4.69, 9.17) is 9.47 Å². The first-order valence-electron chi connectivity index (χ1n) is 7.71. The summed E-state index contributed by atoms with van der Waals surface area (Å²) in [5.74, 6) is 4.56. The molecule has 2 nitrogen and oxygen atoms in total. The monoisotopic (exact) mass is 336 g/mol. The third-order valence-corrected chi connectivity index (χ3v) is 5.75. The molecule has 0 heterocycles. The van der Waals surface area contributed by atoms with E-state index in [1.165, 1.54) is 33.6 Å². The molecule has 2 aromatic carbocycles. The first kappa shape index (κ1) is 17.5. The lowest BCUT2D eigenvalue weighted by molar-refractivity contribution is 0.147. The minimum absolute atomic E-state index is 0.584. The molecule has 4 heteroatoms. The Bertz CT molecular complexity index is 572. The van der Waals surface area contributed by atoms with E-state index in [2.05, 4.69) is 43.3 Å². The third kappa shape index (κ3) is 5.11. The van der Waals surface area contributed by atoms with Crippen molar-refractivity contribution in [2.45, 2.75) is 18.2 Å². The Kier molecular flexibility index (Phi) is 7.99. The second-order valence-electron chi connectivity index (χ2n) is 4.91. The van der Waals surface area contributed by atoms with Crippen molar-refractivity contribution in [2.24, 2.45) is 0 Å². The average Bonchev–Trinajstić information content (AvgIpc) is 2.56. The Balaban J connectivity index is 2.07. The van der Waals surface area contributed by atoms with Crippen LogP contribution in [0.2, 0.25) is 0 Å². The average molecular weight is 337 g/mol.